The van der Waals surface area contributed by atoms with Gasteiger partial charge in [-0.15, -0.1) is 0 Å². The molecule has 0 fully saturated rings. The number of benzene rings is 2. The van der Waals surface area contributed by atoms with Crippen molar-refractivity contribution in [3.05, 3.63) is 47.5 Å². The Hall–Kier alpha value is -2.01. The van der Waals surface area contributed by atoms with Gasteiger partial charge in [0, 0.05) is 5.56 Å². The number of sulfone groups is 1. The molecule has 0 aliphatic heterocycles. The van der Waals surface area contributed by atoms with Gasteiger partial charge < -0.3 is 10.2 Å². The van der Waals surface area contributed by atoms with Gasteiger partial charge in [0.25, 0.3) is 0 Å². The SMILES string of the molecule is Cc1cc(O)cc(S(=O)(=O)c2cccc(O)c2C)c1. The van der Waals surface area contributed by atoms with E-state index in [9.17, 15) is 18.6 Å². The van der Waals surface area contributed by atoms with E-state index in [-0.39, 0.29) is 21.3 Å². The van der Waals surface area contributed by atoms with Crippen LogP contribution in [0.5, 0.6) is 11.5 Å². The third-order valence-electron chi connectivity index (χ3n) is 2.89. The van der Waals surface area contributed by atoms with E-state index in [1.807, 2.05) is 0 Å². The fourth-order valence-corrected chi connectivity index (χ4v) is 3.54. The van der Waals surface area contributed by atoms with Crippen LogP contribution in [-0.4, -0.2) is 18.6 Å². The van der Waals surface area contributed by atoms with E-state index >= 15 is 0 Å². The molecule has 2 aromatic carbocycles. The summed E-state index contributed by atoms with van der Waals surface area (Å²) in [5.74, 6) is -0.172. The lowest BCUT2D eigenvalue weighted by atomic mass is 10.2. The molecule has 0 saturated heterocycles. The molecule has 0 aliphatic rings. The van der Waals surface area contributed by atoms with Gasteiger partial charge in [-0.1, -0.05) is 6.07 Å². The molecule has 0 aromatic heterocycles. The highest BCUT2D eigenvalue weighted by Crippen LogP contribution is 2.30. The van der Waals surface area contributed by atoms with Crippen molar-refractivity contribution in [3.8, 4) is 11.5 Å². The molecule has 0 amide bonds. The second-order valence-corrected chi connectivity index (χ2v) is 6.33. The summed E-state index contributed by atoms with van der Waals surface area (Å²) in [6, 6.07) is 8.51. The van der Waals surface area contributed by atoms with E-state index in [1.54, 1.807) is 6.92 Å². The van der Waals surface area contributed by atoms with Crippen molar-refractivity contribution >= 4 is 9.84 Å². The van der Waals surface area contributed by atoms with Crippen LogP contribution in [0.3, 0.4) is 0 Å². The fourth-order valence-electron chi connectivity index (χ4n) is 1.90. The maximum atomic E-state index is 12.5. The average Bonchev–Trinajstić information content (AvgIpc) is 2.31. The van der Waals surface area contributed by atoms with Crippen LogP contribution >= 0.6 is 0 Å². The molecule has 2 rings (SSSR count). The number of phenols is 2. The second kappa shape index (κ2) is 4.59. The monoisotopic (exact) mass is 278 g/mol. The van der Waals surface area contributed by atoms with Crippen LogP contribution in [0, 0.1) is 13.8 Å². The molecule has 0 aliphatic carbocycles. The molecule has 0 heterocycles. The van der Waals surface area contributed by atoms with Crippen molar-refractivity contribution in [1.82, 2.24) is 0 Å². The summed E-state index contributed by atoms with van der Waals surface area (Å²) < 4.78 is 25.0. The average molecular weight is 278 g/mol. The number of hydrogen-bond acceptors (Lipinski definition) is 4. The molecule has 0 saturated carbocycles. The molecule has 2 aromatic rings. The lowest BCUT2D eigenvalue weighted by Gasteiger charge is -2.10. The van der Waals surface area contributed by atoms with Crippen LogP contribution in [0.2, 0.25) is 0 Å². The summed E-state index contributed by atoms with van der Waals surface area (Å²) in [4.78, 5) is 0.0520. The predicted octanol–water partition coefficient (Wildman–Crippen LogP) is 2.55. The van der Waals surface area contributed by atoms with Crippen LogP contribution < -0.4 is 0 Å². The fraction of sp³-hybridized carbons (Fsp3) is 0.143. The minimum atomic E-state index is -3.76. The van der Waals surface area contributed by atoms with Crippen LogP contribution in [0.25, 0.3) is 0 Å². The van der Waals surface area contributed by atoms with Crippen LogP contribution in [0.4, 0.5) is 0 Å². The third kappa shape index (κ3) is 2.42. The van der Waals surface area contributed by atoms with Gasteiger partial charge in [0.2, 0.25) is 9.84 Å². The van der Waals surface area contributed by atoms with Crippen molar-refractivity contribution in [2.45, 2.75) is 23.6 Å². The van der Waals surface area contributed by atoms with Gasteiger partial charge >= 0.3 is 0 Å². The minimum absolute atomic E-state index is 0.0127. The van der Waals surface area contributed by atoms with Crippen molar-refractivity contribution in [1.29, 1.82) is 0 Å². The third-order valence-corrected chi connectivity index (χ3v) is 4.77. The lowest BCUT2D eigenvalue weighted by Crippen LogP contribution is -2.04. The molecule has 100 valence electrons. The van der Waals surface area contributed by atoms with Crippen molar-refractivity contribution < 1.29 is 18.6 Å². The highest BCUT2D eigenvalue weighted by molar-refractivity contribution is 7.91. The maximum absolute atomic E-state index is 12.5. The summed E-state index contributed by atoms with van der Waals surface area (Å²) in [7, 11) is -3.76. The smallest absolute Gasteiger partial charge is 0.207 e. The van der Waals surface area contributed by atoms with Gasteiger partial charge in [-0.05, 0) is 49.7 Å². The van der Waals surface area contributed by atoms with Gasteiger partial charge in [-0.25, -0.2) is 8.42 Å². The molecule has 0 radical (unpaired) electrons. The summed E-state index contributed by atoms with van der Waals surface area (Å²) in [5, 5.41) is 19.1. The van der Waals surface area contributed by atoms with Crippen molar-refractivity contribution in [2.75, 3.05) is 0 Å². The molecule has 5 heteroatoms. The number of rotatable bonds is 2. The molecule has 0 spiro atoms. The zero-order chi connectivity index (χ0) is 14.2. The largest absolute Gasteiger partial charge is 0.508 e. The van der Waals surface area contributed by atoms with Crippen LogP contribution in [0.15, 0.2) is 46.2 Å². The Balaban J connectivity index is 2.69. The predicted molar refractivity (Wildman–Crippen MR) is 71.1 cm³/mol. The number of aromatic hydroxyl groups is 2. The maximum Gasteiger partial charge on any atom is 0.207 e. The first-order chi connectivity index (χ1) is 8.82. The molecular formula is C14H14O4S. The molecule has 4 nitrogen and oxygen atoms in total. The van der Waals surface area contributed by atoms with Crippen LogP contribution in [-0.2, 0) is 9.84 Å². The quantitative estimate of drug-likeness (QED) is 0.885. The molecular weight excluding hydrogens is 264 g/mol. The summed E-state index contributed by atoms with van der Waals surface area (Å²) in [6.07, 6.45) is 0. The van der Waals surface area contributed by atoms with E-state index in [4.69, 9.17) is 0 Å². The Morgan fingerprint density at radius 1 is 1.00 bits per heavy atom. The van der Waals surface area contributed by atoms with Crippen molar-refractivity contribution in [3.63, 3.8) is 0 Å². The highest BCUT2D eigenvalue weighted by atomic mass is 32.2. The summed E-state index contributed by atoms with van der Waals surface area (Å²) in [5.41, 5.74) is 0.944. The first-order valence-corrected chi connectivity index (χ1v) is 7.15. The van der Waals surface area contributed by atoms with E-state index < -0.39 is 9.84 Å². The Labute approximate surface area is 111 Å². The zero-order valence-electron chi connectivity index (χ0n) is 10.6. The van der Waals surface area contributed by atoms with Gasteiger partial charge in [0.15, 0.2) is 0 Å². The van der Waals surface area contributed by atoms with Gasteiger partial charge in [-0.3, -0.25) is 0 Å². The van der Waals surface area contributed by atoms with E-state index in [0.717, 1.165) is 0 Å². The highest BCUT2D eigenvalue weighted by Gasteiger charge is 2.22. The van der Waals surface area contributed by atoms with Crippen molar-refractivity contribution in [2.24, 2.45) is 0 Å². The molecule has 0 unspecified atom stereocenters. The van der Waals surface area contributed by atoms with Gasteiger partial charge in [0.05, 0.1) is 9.79 Å². The van der Waals surface area contributed by atoms with E-state index in [2.05, 4.69) is 0 Å². The Morgan fingerprint density at radius 3 is 2.32 bits per heavy atom. The van der Waals surface area contributed by atoms with Gasteiger partial charge in [0.1, 0.15) is 11.5 Å². The summed E-state index contributed by atoms with van der Waals surface area (Å²) in [6.45, 7) is 3.24. The Kier molecular flexibility index (Phi) is 3.24. The normalized spacial score (nSPS) is 11.5. The molecule has 0 bridgehead atoms. The standard InChI is InChI=1S/C14H14O4S/c1-9-6-11(15)8-12(7-9)19(17,18)14-5-3-4-13(16)10(14)2/h3-8,15-16H,1-2H3. The summed E-state index contributed by atoms with van der Waals surface area (Å²) >= 11 is 0. The first kappa shape index (κ1) is 13.4. The molecule has 0 atom stereocenters. The minimum Gasteiger partial charge on any atom is -0.508 e. The molecule has 19 heavy (non-hydrogen) atoms. The first-order valence-electron chi connectivity index (χ1n) is 5.66. The number of aryl methyl sites for hydroxylation is 1. The van der Waals surface area contributed by atoms with Gasteiger partial charge in [-0.2, -0.15) is 0 Å². The zero-order valence-corrected chi connectivity index (χ0v) is 11.4. The van der Waals surface area contributed by atoms with E-state index in [1.165, 1.54) is 43.3 Å². The van der Waals surface area contributed by atoms with E-state index in [0.29, 0.717) is 11.1 Å². The van der Waals surface area contributed by atoms with Crippen LogP contribution in [0.1, 0.15) is 11.1 Å². The number of hydrogen-bond donors (Lipinski definition) is 2. The Bertz CT molecular complexity index is 713. The second-order valence-electron chi connectivity index (χ2n) is 4.41. The topological polar surface area (TPSA) is 74.6 Å². The lowest BCUT2D eigenvalue weighted by molar-refractivity contribution is 0.468. The number of phenolic OH excluding ortho intramolecular Hbond substituents is 2. The Morgan fingerprint density at radius 2 is 1.68 bits per heavy atom. The molecule has 2 N–H and O–H groups in total.